The molecule has 3 heteroatoms. The normalized spacial score (nSPS) is 16.7. The zero-order valence-corrected chi connectivity index (χ0v) is 13.1. The molecule has 2 nitrogen and oxygen atoms in total. The molecule has 1 unspecified atom stereocenters. The van der Waals surface area contributed by atoms with Crippen molar-refractivity contribution in [3.05, 3.63) is 63.6 Å². The second kappa shape index (κ2) is 5.58. The Morgan fingerprint density at radius 3 is 2.70 bits per heavy atom. The zero-order valence-electron chi connectivity index (χ0n) is 11.5. The molecule has 2 aromatic rings. The number of benzene rings is 2. The number of phenols is 1. The summed E-state index contributed by atoms with van der Waals surface area (Å²) in [5.41, 5.74) is 3.84. The van der Waals surface area contributed by atoms with Crippen LogP contribution in [0.25, 0.3) is 0 Å². The smallest absolute Gasteiger partial charge is 0.120 e. The van der Waals surface area contributed by atoms with Gasteiger partial charge in [0.05, 0.1) is 0 Å². The van der Waals surface area contributed by atoms with Crippen molar-refractivity contribution in [1.82, 2.24) is 4.90 Å². The van der Waals surface area contributed by atoms with Gasteiger partial charge in [0.2, 0.25) is 0 Å². The van der Waals surface area contributed by atoms with Crippen LogP contribution in [-0.2, 0) is 13.0 Å². The molecule has 1 heterocycles. The Morgan fingerprint density at radius 1 is 1.15 bits per heavy atom. The minimum absolute atomic E-state index is 0.209. The second-order valence-electron chi connectivity index (χ2n) is 5.37. The molecule has 0 aromatic heterocycles. The molecule has 0 amide bonds. The fourth-order valence-electron chi connectivity index (χ4n) is 2.90. The van der Waals surface area contributed by atoms with Gasteiger partial charge in [0.15, 0.2) is 0 Å². The first kappa shape index (κ1) is 13.7. The van der Waals surface area contributed by atoms with Gasteiger partial charge in [-0.25, -0.2) is 0 Å². The molecule has 1 aliphatic rings. The highest BCUT2D eigenvalue weighted by Crippen LogP contribution is 2.33. The van der Waals surface area contributed by atoms with Gasteiger partial charge in [0.25, 0.3) is 0 Å². The number of aromatic hydroxyl groups is 1. The largest absolute Gasteiger partial charge is 0.508 e. The van der Waals surface area contributed by atoms with Crippen LogP contribution in [0, 0.1) is 0 Å². The Hall–Kier alpha value is -1.32. The highest BCUT2D eigenvalue weighted by molar-refractivity contribution is 9.10. The van der Waals surface area contributed by atoms with Crippen LogP contribution in [0.15, 0.2) is 46.9 Å². The Kier molecular flexibility index (Phi) is 3.81. The summed E-state index contributed by atoms with van der Waals surface area (Å²) < 4.78 is 1.01. The van der Waals surface area contributed by atoms with Gasteiger partial charge in [0, 0.05) is 29.2 Å². The standard InChI is InChI=1S/C17H18BrNO/c1-12(16-10-15(18)6-7-17(16)20)19-9-8-13-4-2-3-5-14(13)11-19/h2-7,10,12,20H,8-9,11H2,1H3. The highest BCUT2D eigenvalue weighted by Gasteiger charge is 2.23. The van der Waals surface area contributed by atoms with Crippen molar-refractivity contribution in [1.29, 1.82) is 0 Å². The van der Waals surface area contributed by atoms with Crippen molar-refractivity contribution >= 4 is 15.9 Å². The van der Waals surface area contributed by atoms with Crippen LogP contribution >= 0.6 is 15.9 Å². The van der Waals surface area contributed by atoms with E-state index >= 15 is 0 Å². The number of hydrogen-bond donors (Lipinski definition) is 1. The van der Waals surface area contributed by atoms with E-state index in [0.29, 0.717) is 5.75 Å². The summed E-state index contributed by atoms with van der Waals surface area (Å²) in [6, 6.07) is 14.5. The quantitative estimate of drug-likeness (QED) is 0.888. The SMILES string of the molecule is CC(c1cc(Br)ccc1O)N1CCc2ccccc2C1. The first-order valence-electron chi connectivity index (χ1n) is 6.94. The van der Waals surface area contributed by atoms with Crippen molar-refractivity contribution < 1.29 is 5.11 Å². The number of nitrogens with zero attached hydrogens (tertiary/aromatic N) is 1. The maximum absolute atomic E-state index is 10.1. The van der Waals surface area contributed by atoms with Crippen LogP contribution in [0.1, 0.15) is 29.7 Å². The summed E-state index contributed by atoms with van der Waals surface area (Å²) in [7, 11) is 0. The Labute approximate surface area is 128 Å². The lowest BCUT2D eigenvalue weighted by Crippen LogP contribution is -2.32. The summed E-state index contributed by atoms with van der Waals surface area (Å²) in [6.45, 7) is 4.14. The van der Waals surface area contributed by atoms with Gasteiger partial charge in [-0.1, -0.05) is 40.2 Å². The fraction of sp³-hybridized carbons (Fsp3) is 0.294. The summed E-state index contributed by atoms with van der Waals surface area (Å²) in [5.74, 6) is 0.375. The van der Waals surface area contributed by atoms with E-state index in [1.54, 1.807) is 6.07 Å². The predicted molar refractivity (Wildman–Crippen MR) is 84.8 cm³/mol. The van der Waals surface area contributed by atoms with Gasteiger partial charge in [-0.05, 0) is 42.7 Å². The summed E-state index contributed by atoms with van der Waals surface area (Å²) in [5, 5.41) is 10.1. The Morgan fingerprint density at radius 2 is 1.90 bits per heavy atom. The van der Waals surface area contributed by atoms with Crippen molar-refractivity contribution in [2.45, 2.75) is 25.9 Å². The molecule has 1 atom stereocenters. The molecular formula is C17H18BrNO. The fourth-order valence-corrected chi connectivity index (χ4v) is 3.28. The summed E-state index contributed by atoms with van der Waals surface area (Å²) in [4.78, 5) is 2.42. The van der Waals surface area contributed by atoms with Gasteiger partial charge in [0.1, 0.15) is 5.75 Å². The van der Waals surface area contributed by atoms with Crippen molar-refractivity contribution in [2.24, 2.45) is 0 Å². The maximum Gasteiger partial charge on any atom is 0.120 e. The molecule has 0 saturated heterocycles. The third-order valence-electron chi connectivity index (χ3n) is 4.15. The second-order valence-corrected chi connectivity index (χ2v) is 6.28. The molecule has 0 fully saturated rings. The summed E-state index contributed by atoms with van der Waals surface area (Å²) >= 11 is 3.48. The minimum atomic E-state index is 0.209. The molecule has 0 aliphatic carbocycles. The third kappa shape index (κ3) is 2.60. The van der Waals surface area contributed by atoms with E-state index in [2.05, 4.69) is 52.0 Å². The summed E-state index contributed by atoms with van der Waals surface area (Å²) in [6.07, 6.45) is 1.08. The molecule has 0 spiro atoms. The number of hydrogen-bond acceptors (Lipinski definition) is 2. The van der Waals surface area contributed by atoms with Gasteiger partial charge >= 0.3 is 0 Å². The van der Waals surface area contributed by atoms with Crippen LogP contribution in [0.3, 0.4) is 0 Å². The predicted octanol–water partition coefficient (Wildman–Crippen LogP) is 4.27. The molecule has 0 saturated carbocycles. The first-order chi connectivity index (χ1) is 9.65. The van der Waals surface area contributed by atoms with E-state index in [0.717, 1.165) is 29.5 Å². The highest BCUT2D eigenvalue weighted by atomic mass is 79.9. The average Bonchev–Trinajstić information content (AvgIpc) is 2.48. The molecule has 1 aliphatic heterocycles. The van der Waals surface area contributed by atoms with Gasteiger partial charge in [-0.2, -0.15) is 0 Å². The molecule has 2 aromatic carbocycles. The van der Waals surface area contributed by atoms with Crippen LogP contribution < -0.4 is 0 Å². The van der Waals surface area contributed by atoms with Crippen molar-refractivity contribution in [3.63, 3.8) is 0 Å². The van der Waals surface area contributed by atoms with Gasteiger partial charge in [-0.3, -0.25) is 4.90 Å². The topological polar surface area (TPSA) is 23.5 Å². The first-order valence-corrected chi connectivity index (χ1v) is 7.73. The van der Waals surface area contributed by atoms with Gasteiger partial charge < -0.3 is 5.11 Å². The van der Waals surface area contributed by atoms with E-state index in [1.165, 1.54) is 11.1 Å². The van der Waals surface area contributed by atoms with E-state index in [-0.39, 0.29) is 6.04 Å². The van der Waals surface area contributed by atoms with E-state index in [9.17, 15) is 5.11 Å². The monoisotopic (exact) mass is 331 g/mol. The van der Waals surface area contributed by atoms with Crippen LogP contribution in [0.4, 0.5) is 0 Å². The maximum atomic E-state index is 10.1. The number of rotatable bonds is 2. The van der Waals surface area contributed by atoms with Crippen LogP contribution in [-0.4, -0.2) is 16.6 Å². The lowest BCUT2D eigenvalue weighted by atomic mass is 9.97. The third-order valence-corrected chi connectivity index (χ3v) is 4.64. The Balaban J connectivity index is 1.85. The van der Waals surface area contributed by atoms with Crippen LogP contribution in [0.2, 0.25) is 0 Å². The molecule has 20 heavy (non-hydrogen) atoms. The molecule has 0 bridgehead atoms. The zero-order chi connectivity index (χ0) is 14.1. The lowest BCUT2D eigenvalue weighted by molar-refractivity contribution is 0.189. The van der Waals surface area contributed by atoms with Crippen molar-refractivity contribution in [2.75, 3.05) is 6.54 Å². The van der Waals surface area contributed by atoms with E-state index in [1.807, 2.05) is 12.1 Å². The average molecular weight is 332 g/mol. The number of halogens is 1. The molecule has 104 valence electrons. The number of fused-ring (bicyclic) bond motifs is 1. The number of phenolic OH excluding ortho intramolecular Hbond substituents is 1. The molecule has 0 radical (unpaired) electrons. The van der Waals surface area contributed by atoms with Crippen molar-refractivity contribution in [3.8, 4) is 5.75 Å². The molecule has 1 N–H and O–H groups in total. The lowest BCUT2D eigenvalue weighted by Gasteiger charge is -2.34. The minimum Gasteiger partial charge on any atom is -0.508 e. The van der Waals surface area contributed by atoms with E-state index in [4.69, 9.17) is 0 Å². The van der Waals surface area contributed by atoms with E-state index < -0.39 is 0 Å². The van der Waals surface area contributed by atoms with Crippen LogP contribution in [0.5, 0.6) is 5.75 Å². The molecular weight excluding hydrogens is 314 g/mol. The Bertz CT molecular complexity index is 626. The molecule has 3 rings (SSSR count). The van der Waals surface area contributed by atoms with Gasteiger partial charge in [-0.15, -0.1) is 0 Å².